The molecule has 3 atom stereocenters. The summed E-state index contributed by atoms with van der Waals surface area (Å²) in [7, 11) is 0. The van der Waals surface area contributed by atoms with Crippen molar-refractivity contribution < 1.29 is 0 Å². The lowest BCUT2D eigenvalue weighted by molar-refractivity contribution is 0.689. The molecule has 4 heteroatoms. The molecule has 0 spiro atoms. The summed E-state index contributed by atoms with van der Waals surface area (Å²) in [5.74, 6) is 1.30. The van der Waals surface area contributed by atoms with E-state index in [9.17, 15) is 0 Å². The van der Waals surface area contributed by atoms with Crippen LogP contribution in [0.1, 0.15) is 12.8 Å². The summed E-state index contributed by atoms with van der Waals surface area (Å²) in [5, 5.41) is 0. The van der Waals surface area contributed by atoms with E-state index in [-0.39, 0.29) is 0 Å². The number of halogens is 3. The fourth-order valence-electron chi connectivity index (χ4n) is 2.16. The molecule has 2 bridgehead atoms. The van der Waals surface area contributed by atoms with Crippen LogP contribution in [0.2, 0.25) is 5.54 Å². The zero-order chi connectivity index (χ0) is 8.06. The highest BCUT2D eigenvalue weighted by Gasteiger charge is 2.48. The largest absolute Gasteiger partial charge is 0.344 e. The Morgan fingerprint density at radius 1 is 1.09 bits per heavy atom. The van der Waals surface area contributed by atoms with Gasteiger partial charge in [-0.25, -0.2) is 0 Å². The second-order valence-corrected chi connectivity index (χ2v) is 12.4. The lowest BCUT2D eigenvalue weighted by Crippen LogP contribution is -2.23. The van der Waals surface area contributed by atoms with Crippen LogP contribution in [-0.4, -0.2) is 6.00 Å². The molecule has 0 aromatic rings. The molecule has 0 aliphatic heterocycles. The number of fused-ring (bicyclic) bond motifs is 2. The SMILES string of the molecule is Cl[Si](Cl)(Cl)C1CC2C=CC1C2. The van der Waals surface area contributed by atoms with Gasteiger partial charge in [-0.15, -0.1) is 33.2 Å². The van der Waals surface area contributed by atoms with E-state index in [4.69, 9.17) is 33.2 Å². The highest BCUT2D eigenvalue weighted by Crippen LogP contribution is 2.55. The summed E-state index contributed by atoms with van der Waals surface area (Å²) in [4.78, 5) is 0. The molecule has 0 N–H and O–H groups in total. The minimum absolute atomic E-state index is 0.391. The molecule has 0 heterocycles. The van der Waals surface area contributed by atoms with Gasteiger partial charge in [0.25, 0.3) is 0 Å². The molecule has 3 unspecified atom stereocenters. The minimum Gasteiger partial charge on any atom is -0.126 e. The van der Waals surface area contributed by atoms with Crippen LogP contribution in [0.3, 0.4) is 0 Å². The third kappa shape index (κ3) is 1.49. The van der Waals surface area contributed by atoms with E-state index >= 15 is 0 Å². The van der Waals surface area contributed by atoms with E-state index in [2.05, 4.69) is 12.2 Å². The third-order valence-corrected chi connectivity index (χ3v) is 6.73. The molecule has 2 rings (SSSR count). The lowest BCUT2D eigenvalue weighted by Gasteiger charge is -2.22. The van der Waals surface area contributed by atoms with Gasteiger partial charge in [0, 0.05) is 5.54 Å². The summed E-state index contributed by atoms with van der Waals surface area (Å²) in [6, 6.07) is -2.41. The minimum atomic E-state index is -2.41. The van der Waals surface area contributed by atoms with Crippen molar-refractivity contribution in [2.24, 2.45) is 11.8 Å². The smallest absolute Gasteiger partial charge is 0.126 e. The van der Waals surface area contributed by atoms with E-state index in [1.165, 1.54) is 6.42 Å². The van der Waals surface area contributed by atoms with E-state index in [0.29, 0.717) is 17.4 Å². The quantitative estimate of drug-likeness (QED) is 0.365. The Balaban J connectivity index is 2.15. The van der Waals surface area contributed by atoms with Gasteiger partial charge in [-0.2, -0.15) is 0 Å². The predicted molar refractivity (Wildman–Crippen MR) is 52.4 cm³/mol. The molecule has 1 fully saturated rings. The lowest BCUT2D eigenvalue weighted by atomic mass is 10.1. The first kappa shape index (κ1) is 8.43. The summed E-state index contributed by atoms with van der Waals surface area (Å²) in [6.07, 6.45) is 6.84. The maximum Gasteiger partial charge on any atom is 0.344 e. The molecule has 0 radical (unpaired) electrons. The summed E-state index contributed by atoms with van der Waals surface area (Å²) >= 11 is 17.9. The number of hydrogen-bond acceptors (Lipinski definition) is 0. The van der Waals surface area contributed by atoms with Gasteiger partial charge in [-0.05, 0) is 24.7 Å². The van der Waals surface area contributed by atoms with E-state index < -0.39 is 6.00 Å². The first-order valence-corrected chi connectivity index (χ1v) is 8.93. The average Bonchev–Trinajstić information content (AvgIpc) is 2.42. The van der Waals surface area contributed by atoms with Crippen molar-refractivity contribution in [2.45, 2.75) is 18.4 Å². The first-order chi connectivity index (χ1) is 5.07. The molecule has 2 aliphatic rings. The molecule has 0 saturated heterocycles. The molecule has 0 aromatic heterocycles. The van der Waals surface area contributed by atoms with Crippen LogP contribution in [0.25, 0.3) is 0 Å². The van der Waals surface area contributed by atoms with Crippen LogP contribution >= 0.6 is 33.2 Å². The first-order valence-electron chi connectivity index (χ1n) is 3.82. The van der Waals surface area contributed by atoms with Crippen molar-refractivity contribution in [3.63, 3.8) is 0 Å². The Hall–Kier alpha value is 0.827. The zero-order valence-corrected chi connectivity index (χ0v) is 9.20. The van der Waals surface area contributed by atoms with Gasteiger partial charge >= 0.3 is 6.00 Å². The standard InChI is InChI=1S/C7H9Cl3Si/c8-11(9,10)7-4-5-1-2-6(7)3-5/h1-2,5-7H,3-4H2. The van der Waals surface area contributed by atoms with Gasteiger partial charge in [0.05, 0.1) is 0 Å². The van der Waals surface area contributed by atoms with Gasteiger partial charge in [-0.1, -0.05) is 12.2 Å². The van der Waals surface area contributed by atoms with Gasteiger partial charge in [-0.3, -0.25) is 0 Å². The van der Waals surface area contributed by atoms with Crippen LogP contribution < -0.4 is 0 Å². The van der Waals surface area contributed by atoms with Crippen LogP contribution in [0.15, 0.2) is 12.2 Å². The molecular weight excluding hydrogens is 219 g/mol. The topological polar surface area (TPSA) is 0 Å². The number of rotatable bonds is 1. The Morgan fingerprint density at radius 3 is 2.09 bits per heavy atom. The molecule has 2 aliphatic carbocycles. The normalized spacial score (nSPS) is 41.9. The summed E-state index contributed by atoms with van der Waals surface area (Å²) in [5.41, 5.74) is 0.391. The van der Waals surface area contributed by atoms with Gasteiger partial charge < -0.3 is 0 Å². The maximum atomic E-state index is 5.97. The van der Waals surface area contributed by atoms with Gasteiger partial charge in [0.2, 0.25) is 0 Å². The average molecular weight is 228 g/mol. The Bertz CT molecular complexity index is 196. The Kier molecular flexibility index (Phi) is 2.04. The van der Waals surface area contributed by atoms with Crippen molar-refractivity contribution in [3.8, 4) is 0 Å². The van der Waals surface area contributed by atoms with E-state index in [1.807, 2.05) is 0 Å². The number of hydrogen-bond donors (Lipinski definition) is 0. The summed E-state index contributed by atoms with van der Waals surface area (Å²) in [6.45, 7) is 0. The predicted octanol–water partition coefficient (Wildman–Crippen LogP) is 3.61. The molecule has 62 valence electrons. The Labute approximate surface area is 81.6 Å². The van der Waals surface area contributed by atoms with Crippen molar-refractivity contribution in [3.05, 3.63) is 12.2 Å². The monoisotopic (exact) mass is 226 g/mol. The van der Waals surface area contributed by atoms with Gasteiger partial charge in [0.15, 0.2) is 0 Å². The van der Waals surface area contributed by atoms with Crippen LogP contribution in [0.4, 0.5) is 0 Å². The molecule has 0 aromatic carbocycles. The van der Waals surface area contributed by atoms with E-state index in [0.717, 1.165) is 6.42 Å². The van der Waals surface area contributed by atoms with Crippen LogP contribution in [0.5, 0.6) is 0 Å². The van der Waals surface area contributed by atoms with Crippen molar-refractivity contribution in [2.75, 3.05) is 0 Å². The third-order valence-electron chi connectivity index (χ3n) is 2.70. The van der Waals surface area contributed by atoms with Crippen molar-refractivity contribution in [1.82, 2.24) is 0 Å². The maximum absolute atomic E-state index is 5.97. The second kappa shape index (κ2) is 2.66. The van der Waals surface area contributed by atoms with Crippen LogP contribution in [0, 0.1) is 11.8 Å². The van der Waals surface area contributed by atoms with Crippen molar-refractivity contribution in [1.29, 1.82) is 0 Å². The van der Waals surface area contributed by atoms with Gasteiger partial charge in [0.1, 0.15) is 0 Å². The Morgan fingerprint density at radius 2 is 1.82 bits per heavy atom. The molecule has 0 amide bonds. The summed E-state index contributed by atoms with van der Waals surface area (Å²) < 4.78 is 0. The fourth-order valence-corrected chi connectivity index (χ4v) is 5.72. The molecular formula is C7H9Cl3Si. The van der Waals surface area contributed by atoms with E-state index in [1.54, 1.807) is 0 Å². The molecule has 1 saturated carbocycles. The fraction of sp³-hybridized carbons (Fsp3) is 0.714. The molecule has 11 heavy (non-hydrogen) atoms. The number of allylic oxidation sites excluding steroid dienone is 2. The molecule has 0 nitrogen and oxygen atoms in total. The second-order valence-electron chi connectivity index (χ2n) is 3.43. The highest BCUT2D eigenvalue weighted by atomic mass is 35.8. The van der Waals surface area contributed by atoms with Crippen LogP contribution in [-0.2, 0) is 0 Å². The highest BCUT2D eigenvalue weighted by molar-refractivity contribution is 7.65. The van der Waals surface area contributed by atoms with Crippen molar-refractivity contribution >= 4 is 39.2 Å². The zero-order valence-electron chi connectivity index (χ0n) is 5.93.